The number of aromatic nitrogens is 1. The topological polar surface area (TPSA) is 28.2 Å². The first-order valence-electron chi connectivity index (χ1n) is 8.23. The predicted molar refractivity (Wildman–Crippen MR) is 91.1 cm³/mol. The zero-order valence-electron chi connectivity index (χ0n) is 13.5. The van der Waals surface area contributed by atoms with Gasteiger partial charge in [0.1, 0.15) is 5.82 Å². The Kier molecular flexibility index (Phi) is 6.31. The van der Waals surface area contributed by atoms with Gasteiger partial charge in [0, 0.05) is 25.3 Å². The molecule has 1 fully saturated rings. The van der Waals surface area contributed by atoms with Gasteiger partial charge in [0.15, 0.2) is 0 Å². The molecular weight excluding hydrogens is 282 g/mol. The summed E-state index contributed by atoms with van der Waals surface area (Å²) < 4.78 is 0. The summed E-state index contributed by atoms with van der Waals surface area (Å²) >= 11 is 6.48. The van der Waals surface area contributed by atoms with Gasteiger partial charge in [-0.25, -0.2) is 4.98 Å². The minimum absolute atomic E-state index is 0.659. The van der Waals surface area contributed by atoms with Gasteiger partial charge in [0.25, 0.3) is 0 Å². The second-order valence-electron chi connectivity index (χ2n) is 6.45. The third-order valence-electron chi connectivity index (χ3n) is 3.77. The van der Waals surface area contributed by atoms with Gasteiger partial charge < -0.3 is 10.2 Å². The van der Waals surface area contributed by atoms with Crippen LogP contribution >= 0.6 is 11.6 Å². The Morgan fingerprint density at radius 3 is 2.76 bits per heavy atom. The molecule has 0 spiro atoms. The van der Waals surface area contributed by atoms with Crippen molar-refractivity contribution in [2.24, 2.45) is 5.92 Å². The second-order valence-corrected chi connectivity index (χ2v) is 6.86. The lowest BCUT2D eigenvalue weighted by Crippen LogP contribution is -2.28. The molecule has 0 aliphatic heterocycles. The Labute approximate surface area is 134 Å². The molecule has 3 nitrogen and oxygen atoms in total. The van der Waals surface area contributed by atoms with Crippen molar-refractivity contribution >= 4 is 17.4 Å². The molecule has 1 aromatic rings. The van der Waals surface area contributed by atoms with Crippen molar-refractivity contribution in [3.05, 3.63) is 22.8 Å². The number of nitrogens with zero attached hydrogens (tertiary/aromatic N) is 2. The highest BCUT2D eigenvalue weighted by atomic mass is 35.5. The monoisotopic (exact) mass is 309 g/mol. The summed E-state index contributed by atoms with van der Waals surface area (Å²) in [6, 6.07) is 2.73. The van der Waals surface area contributed by atoms with Crippen molar-refractivity contribution in [2.45, 2.75) is 59.0 Å². The fraction of sp³-hybridized carbons (Fsp3) is 0.706. The standard InChI is InChI=1S/C17H28ClN3/c1-4-5-8-21(15-6-7-15)17-16(18)9-14(12-20-17)11-19-10-13(2)3/h9,12-13,15,19H,4-8,10-11H2,1-3H3. The van der Waals surface area contributed by atoms with E-state index >= 15 is 0 Å². The fourth-order valence-electron chi connectivity index (χ4n) is 2.46. The highest BCUT2D eigenvalue weighted by molar-refractivity contribution is 6.33. The molecule has 0 aromatic carbocycles. The van der Waals surface area contributed by atoms with E-state index in [-0.39, 0.29) is 0 Å². The van der Waals surface area contributed by atoms with Crippen LogP contribution in [0.4, 0.5) is 5.82 Å². The molecule has 0 atom stereocenters. The van der Waals surface area contributed by atoms with E-state index in [9.17, 15) is 0 Å². The molecule has 0 bridgehead atoms. The van der Waals surface area contributed by atoms with Gasteiger partial charge in [-0.2, -0.15) is 0 Å². The van der Waals surface area contributed by atoms with Crippen molar-refractivity contribution in [2.75, 3.05) is 18.0 Å². The smallest absolute Gasteiger partial charge is 0.147 e. The van der Waals surface area contributed by atoms with Crippen molar-refractivity contribution in [1.29, 1.82) is 0 Å². The summed E-state index contributed by atoms with van der Waals surface area (Å²) in [5.41, 5.74) is 1.16. The Bertz CT molecular complexity index is 444. The average Bonchev–Trinajstić information content (AvgIpc) is 3.25. The highest BCUT2D eigenvalue weighted by Gasteiger charge is 2.30. The number of hydrogen-bond donors (Lipinski definition) is 1. The van der Waals surface area contributed by atoms with E-state index in [4.69, 9.17) is 11.6 Å². The molecule has 1 saturated carbocycles. The maximum absolute atomic E-state index is 6.48. The fourth-order valence-corrected chi connectivity index (χ4v) is 2.76. The number of rotatable bonds is 9. The predicted octanol–water partition coefficient (Wildman–Crippen LogP) is 4.25. The van der Waals surface area contributed by atoms with Crippen LogP contribution < -0.4 is 10.2 Å². The number of anilines is 1. The molecule has 0 amide bonds. The number of unbranched alkanes of at least 4 members (excludes halogenated alkanes) is 1. The summed E-state index contributed by atoms with van der Waals surface area (Å²) in [4.78, 5) is 7.04. The van der Waals surface area contributed by atoms with Crippen LogP contribution in [-0.4, -0.2) is 24.1 Å². The molecule has 2 rings (SSSR count). The van der Waals surface area contributed by atoms with Crippen LogP contribution in [-0.2, 0) is 6.54 Å². The molecule has 1 N–H and O–H groups in total. The van der Waals surface area contributed by atoms with Gasteiger partial charge >= 0.3 is 0 Å². The summed E-state index contributed by atoms with van der Waals surface area (Å²) in [6.45, 7) is 9.57. The molecule has 1 aliphatic carbocycles. The first-order valence-corrected chi connectivity index (χ1v) is 8.61. The van der Waals surface area contributed by atoms with Crippen molar-refractivity contribution in [3.8, 4) is 0 Å². The molecule has 1 aliphatic rings. The SMILES string of the molecule is CCCCN(c1ncc(CNCC(C)C)cc1Cl)C1CC1. The summed E-state index contributed by atoms with van der Waals surface area (Å²) in [6.07, 6.45) is 6.93. The third-order valence-corrected chi connectivity index (χ3v) is 4.05. The molecular formula is C17H28ClN3. The van der Waals surface area contributed by atoms with Crippen LogP contribution in [0, 0.1) is 5.92 Å². The number of halogens is 1. The quantitative estimate of drug-likeness (QED) is 0.739. The Balaban J connectivity index is 1.99. The zero-order chi connectivity index (χ0) is 15.2. The van der Waals surface area contributed by atoms with Crippen LogP contribution in [0.5, 0.6) is 0 Å². The minimum Gasteiger partial charge on any atom is -0.352 e. The number of nitrogens with one attached hydrogen (secondary N) is 1. The second kappa shape index (κ2) is 8.00. The molecule has 1 aromatic heterocycles. The lowest BCUT2D eigenvalue weighted by molar-refractivity contribution is 0.552. The zero-order valence-corrected chi connectivity index (χ0v) is 14.3. The highest BCUT2D eigenvalue weighted by Crippen LogP contribution is 2.34. The Hall–Kier alpha value is -0.800. The van der Waals surface area contributed by atoms with Crippen molar-refractivity contribution in [1.82, 2.24) is 10.3 Å². The molecule has 21 heavy (non-hydrogen) atoms. The normalized spacial score (nSPS) is 14.7. The van der Waals surface area contributed by atoms with Crippen LogP contribution in [0.15, 0.2) is 12.3 Å². The van der Waals surface area contributed by atoms with Crippen LogP contribution in [0.2, 0.25) is 5.02 Å². The van der Waals surface area contributed by atoms with Crippen molar-refractivity contribution < 1.29 is 0 Å². The Morgan fingerprint density at radius 2 is 2.19 bits per heavy atom. The van der Waals surface area contributed by atoms with Gasteiger partial charge in [-0.3, -0.25) is 0 Å². The third kappa shape index (κ3) is 5.15. The van der Waals surface area contributed by atoms with Crippen LogP contribution in [0.3, 0.4) is 0 Å². The molecule has 1 heterocycles. The summed E-state index contributed by atoms with van der Waals surface area (Å²) in [5, 5.41) is 4.23. The van der Waals surface area contributed by atoms with E-state index in [0.29, 0.717) is 12.0 Å². The van der Waals surface area contributed by atoms with E-state index < -0.39 is 0 Å². The molecule has 0 radical (unpaired) electrons. The van der Waals surface area contributed by atoms with Crippen LogP contribution in [0.25, 0.3) is 0 Å². The average molecular weight is 310 g/mol. The van der Waals surface area contributed by atoms with E-state index in [2.05, 4.69) is 42.0 Å². The molecule has 118 valence electrons. The van der Waals surface area contributed by atoms with Gasteiger partial charge in [0.2, 0.25) is 0 Å². The summed E-state index contributed by atoms with van der Waals surface area (Å²) in [7, 11) is 0. The van der Waals surface area contributed by atoms with Gasteiger partial charge in [-0.1, -0.05) is 38.8 Å². The van der Waals surface area contributed by atoms with E-state index in [1.807, 2.05) is 6.20 Å². The van der Waals surface area contributed by atoms with Crippen molar-refractivity contribution in [3.63, 3.8) is 0 Å². The first-order chi connectivity index (χ1) is 10.1. The Morgan fingerprint density at radius 1 is 1.43 bits per heavy atom. The number of pyridine rings is 1. The maximum atomic E-state index is 6.48. The number of hydrogen-bond acceptors (Lipinski definition) is 3. The van der Waals surface area contributed by atoms with Gasteiger partial charge in [-0.15, -0.1) is 0 Å². The van der Waals surface area contributed by atoms with Gasteiger partial charge in [-0.05, 0) is 43.4 Å². The van der Waals surface area contributed by atoms with Crippen LogP contribution in [0.1, 0.15) is 52.0 Å². The largest absolute Gasteiger partial charge is 0.352 e. The molecule has 0 unspecified atom stereocenters. The molecule has 0 saturated heterocycles. The first kappa shape index (κ1) is 16.6. The van der Waals surface area contributed by atoms with E-state index in [0.717, 1.165) is 36.0 Å². The van der Waals surface area contributed by atoms with E-state index in [1.54, 1.807) is 0 Å². The summed E-state index contributed by atoms with van der Waals surface area (Å²) in [5.74, 6) is 1.63. The minimum atomic E-state index is 0.659. The van der Waals surface area contributed by atoms with E-state index in [1.165, 1.54) is 25.7 Å². The maximum Gasteiger partial charge on any atom is 0.147 e. The molecule has 4 heteroatoms. The van der Waals surface area contributed by atoms with Gasteiger partial charge in [0.05, 0.1) is 5.02 Å². The lowest BCUT2D eigenvalue weighted by Gasteiger charge is -2.24. The lowest BCUT2D eigenvalue weighted by atomic mass is 10.2.